The van der Waals surface area contributed by atoms with Gasteiger partial charge in [0.05, 0.1) is 11.7 Å². The highest BCUT2D eigenvalue weighted by Gasteiger charge is 2.30. The molecule has 0 saturated carbocycles. The van der Waals surface area contributed by atoms with Gasteiger partial charge in [-0.1, -0.05) is 11.8 Å². The Hall–Kier alpha value is -2.15. The number of rotatable bonds is 4. The van der Waals surface area contributed by atoms with Crippen LogP contribution in [0.1, 0.15) is 35.7 Å². The normalized spacial score (nSPS) is 18.2. The number of aryl methyl sites for hydroxylation is 1. The second kappa shape index (κ2) is 6.39. The number of hydrogen-bond donors (Lipinski definition) is 1. The smallest absolute Gasteiger partial charge is 0.257 e. The molecule has 0 fully saturated rings. The Bertz CT molecular complexity index is 834. The first-order valence-corrected chi connectivity index (χ1v) is 9.13. The first-order chi connectivity index (χ1) is 11.7. The summed E-state index contributed by atoms with van der Waals surface area (Å²) in [5.41, 5.74) is 2.88. The van der Waals surface area contributed by atoms with Gasteiger partial charge >= 0.3 is 0 Å². The van der Waals surface area contributed by atoms with Gasteiger partial charge in [0.2, 0.25) is 5.91 Å². The molecule has 6 nitrogen and oxygen atoms in total. The fourth-order valence-corrected chi connectivity index (χ4v) is 4.44. The van der Waals surface area contributed by atoms with Gasteiger partial charge in [-0.25, -0.2) is 4.98 Å². The zero-order valence-electron chi connectivity index (χ0n) is 13.2. The Morgan fingerprint density at radius 1 is 1.33 bits per heavy atom. The zero-order chi connectivity index (χ0) is 16.5. The number of thioether (sulfide) groups is 1. The molecule has 1 aliphatic heterocycles. The van der Waals surface area contributed by atoms with Gasteiger partial charge in [-0.3, -0.25) is 19.1 Å². The van der Waals surface area contributed by atoms with E-state index in [0.29, 0.717) is 13.0 Å². The summed E-state index contributed by atoms with van der Waals surface area (Å²) in [6, 6.07) is 3.64. The number of fused-ring (bicyclic) bond motifs is 2. The highest BCUT2D eigenvalue weighted by Crippen LogP contribution is 2.33. The standard InChI is InChI=1S/C17H18N4O2S/c22-15(19-9-11-4-6-18-7-5-11)8-12-10-24-17-20-14-3-1-2-13(14)16(23)21(12)17/h4-7,12H,1-3,8-10H2,(H,19,22). The van der Waals surface area contributed by atoms with Crippen LogP contribution in [0.25, 0.3) is 0 Å². The molecule has 0 spiro atoms. The Morgan fingerprint density at radius 3 is 3.00 bits per heavy atom. The Labute approximate surface area is 143 Å². The molecule has 0 radical (unpaired) electrons. The van der Waals surface area contributed by atoms with E-state index in [2.05, 4.69) is 15.3 Å². The number of nitrogens with one attached hydrogen (secondary N) is 1. The van der Waals surface area contributed by atoms with Crippen molar-refractivity contribution >= 4 is 17.7 Å². The molecule has 0 saturated heterocycles. The second-order valence-corrected chi connectivity index (χ2v) is 7.14. The van der Waals surface area contributed by atoms with Crippen LogP contribution in [-0.2, 0) is 24.2 Å². The summed E-state index contributed by atoms with van der Waals surface area (Å²) in [6.45, 7) is 0.478. The molecular weight excluding hydrogens is 324 g/mol. The summed E-state index contributed by atoms with van der Waals surface area (Å²) in [7, 11) is 0. The maximum Gasteiger partial charge on any atom is 0.257 e. The maximum atomic E-state index is 12.7. The summed E-state index contributed by atoms with van der Waals surface area (Å²) >= 11 is 1.58. The van der Waals surface area contributed by atoms with Gasteiger partial charge in [-0.05, 0) is 37.0 Å². The van der Waals surface area contributed by atoms with Crippen molar-refractivity contribution in [2.24, 2.45) is 0 Å². The van der Waals surface area contributed by atoms with Crippen LogP contribution in [0.2, 0.25) is 0 Å². The monoisotopic (exact) mass is 342 g/mol. The molecule has 1 N–H and O–H groups in total. The lowest BCUT2D eigenvalue weighted by Gasteiger charge is -2.14. The minimum Gasteiger partial charge on any atom is -0.352 e. The summed E-state index contributed by atoms with van der Waals surface area (Å²) in [6.07, 6.45) is 6.44. The van der Waals surface area contributed by atoms with Crippen LogP contribution in [-0.4, -0.2) is 26.2 Å². The van der Waals surface area contributed by atoms with Crippen LogP contribution in [0, 0.1) is 0 Å². The van der Waals surface area contributed by atoms with Crippen LogP contribution in [0.4, 0.5) is 0 Å². The van der Waals surface area contributed by atoms with Gasteiger partial charge in [-0.2, -0.15) is 0 Å². The van der Waals surface area contributed by atoms with E-state index in [-0.39, 0.29) is 17.5 Å². The van der Waals surface area contributed by atoms with E-state index in [1.807, 2.05) is 12.1 Å². The van der Waals surface area contributed by atoms with Crippen LogP contribution < -0.4 is 10.9 Å². The van der Waals surface area contributed by atoms with E-state index >= 15 is 0 Å². The third-order valence-corrected chi connectivity index (χ3v) is 5.63. The van der Waals surface area contributed by atoms with E-state index in [1.54, 1.807) is 28.7 Å². The molecule has 1 amide bonds. The van der Waals surface area contributed by atoms with Crippen molar-refractivity contribution in [3.8, 4) is 0 Å². The first-order valence-electron chi connectivity index (χ1n) is 8.15. The zero-order valence-corrected chi connectivity index (χ0v) is 14.0. The molecule has 2 aromatic heterocycles. The van der Waals surface area contributed by atoms with Crippen LogP contribution >= 0.6 is 11.8 Å². The molecule has 1 atom stereocenters. The maximum absolute atomic E-state index is 12.7. The molecule has 2 aliphatic rings. The molecule has 0 bridgehead atoms. The van der Waals surface area contributed by atoms with Gasteiger partial charge in [0.25, 0.3) is 5.56 Å². The molecule has 24 heavy (non-hydrogen) atoms. The number of amides is 1. The molecule has 4 rings (SSSR count). The largest absolute Gasteiger partial charge is 0.352 e. The lowest BCUT2D eigenvalue weighted by atomic mass is 10.2. The molecule has 1 unspecified atom stereocenters. The van der Waals surface area contributed by atoms with Gasteiger partial charge in [0.15, 0.2) is 5.16 Å². The number of aromatic nitrogens is 3. The predicted octanol–water partition coefficient (Wildman–Crippen LogP) is 1.48. The van der Waals surface area contributed by atoms with Crippen LogP contribution in [0.15, 0.2) is 34.5 Å². The third kappa shape index (κ3) is 2.84. The Balaban J connectivity index is 1.46. The van der Waals surface area contributed by atoms with Crippen molar-refractivity contribution in [3.63, 3.8) is 0 Å². The highest BCUT2D eigenvalue weighted by atomic mass is 32.2. The quantitative estimate of drug-likeness (QED) is 0.852. The van der Waals surface area contributed by atoms with Gasteiger partial charge < -0.3 is 5.32 Å². The van der Waals surface area contributed by atoms with Gasteiger partial charge in [-0.15, -0.1) is 0 Å². The average Bonchev–Trinajstić information content (AvgIpc) is 3.22. The van der Waals surface area contributed by atoms with Crippen molar-refractivity contribution < 1.29 is 4.79 Å². The SMILES string of the molecule is O=C(CC1CSc2nc3c(c(=O)n21)CCC3)NCc1ccncc1. The molecule has 0 aromatic carbocycles. The molecule has 3 heterocycles. The van der Waals surface area contributed by atoms with E-state index < -0.39 is 0 Å². The predicted molar refractivity (Wildman–Crippen MR) is 91.0 cm³/mol. The lowest BCUT2D eigenvalue weighted by Crippen LogP contribution is -2.32. The average molecular weight is 342 g/mol. The summed E-state index contributed by atoms with van der Waals surface area (Å²) < 4.78 is 1.74. The first kappa shape index (κ1) is 15.4. The molecular formula is C17H18N4O2S. The minimum atomic E-state index is -0.103. The Morgan fingerprint density at radius 2 is 2.17 bits per heavy atom. The number of carbonyl (C=O) groups excluding carboxylic acids is 1. The second-order valence-electron chi connectivity index (χ2n) is 6.15. The van der Waals surface area contributed by atoms with Crippen molar-refractivity contribution in [1.29, 1.82) is 0 Å². The summed E-state index contributed by atoms with van der Waals surface area (Å²) in [5.74, 6) is 0.686. The van der Waals surface area contributed by atoms with E-state index in [1.165, 1.54) is 0 Å². The number of nitrogens with zero attached hydrogens (tertiary/aromatic N) is 3. The third-order valence-electron chi connectivity index (χ3n) is 4.53. The van der Waals surface area contributed by atoms with Crippen molar-refractivity contribution in [1.82, 2.24) is 19.9 Å². The molecule has 1 aliphatic carbocycles. The topological polar surface area (TPSA) is 76.9 Å². The van der Waals surface area contributed by atoms with Crippen molar-refractivity contribution in [2.75, 3.05) is 5.75 Å². The van der Waals surface area contributed by atoms with Crippen molar-refractivity contribution in [3.05, 3.63) is 51.7 Å². The number of carbonyl (C=O) groups is 1. The summed E-state index contributed by atoms with van der Waals surface area (Å²) in [4.78, 5) is 33.5. The molecule has 2 aromatic rings. The van der Waals surface area contributed by atoms with Gasteiger partial charge in [0, 0.05) is 36.7 Å². The fourth-order valence-electron chi connectivity index (χ4n) is 3.29. The minimum absolute atomic E-state index is 0.0438. The number of hydrogen-bond acceptors (Lipinski definition) is 5. The highest BCUT2D eigenvalue weighted by molar-refractivity contribution is 7.99. The molecule has 124 valence electrons. The van der Waals surface area contributed by atoms with E-state index in [0.717, 1.165) is 47.0 Å². The summed E-state index contributed by atoms with van der Waals surface area (Å²) in [5, 5.41) is 3.69. The Kier molecular flexibility index (Phi) is 4.10. The fraction of sp³-hybridized carbons (Fsp3) is 0.412. The van der Waals surface area contributed by atoms with Crippen LogP contribution in [0.3, 0.4) is 0 Å². The molecule has 7 heteroatoms. The van der Waals surface area contributed by atoms with E-state index in [9.17, 15) is 9.59 Å². The van der Waals surface area contributed by atoms with Gasteiger partial charge in [0.1, 0.15) is 0 Å². The van der Waals surface area contributed by atoms with Crippen LogP contribution in [0.5, 0.6) is 0 Å². The van der Waals surface area contributed by atoms with E-state index in [4.69, 9.17) is 0 Å². The number of pyridine rings is 1. The lowest BCUT2D eigenvalue weighted by molar-refractivity contribution is -0.121. The van der Waals surface area contributed by atoms with Crippen molar-refractivity contribution in [2.45, 2.75) is 43.4 Å².